The number of aromatic amines is 1. The van der Waals surface area contributed by atoms with Gasteiger partial charge in [0, 0.05) is 11.4 Å². The van der Waals surface area contributed by atoms with Gasteiger partial charge in [-0.25, -0.2) is 9.59 Å². The van der Waals surface area contributed by atoms with Crippen LogP contribution in [0, 0.1) is 34.6 Å². The summed E-state index contributed by atoms with van der Waals surface area (Å²) >= 11 is 0. The number of aryl methyl sites for hydroxylation is 4. The van der Waals surface area contributed by atoms with Gasteiger partial charge in [-0.15, -0.1) is 0 Å². The van der Waals surface area contributed by atoms with Gasteiger partial charge in [-0.2, -0.15) is 0 Å². The first-order valence-electron chi connectivity index (χ1n) is 9.52. The first kappa shape index (κ1) is 22.2. The molecule has 29 heavy (non-hydrogen) atoms. The van der Waals surface area contributed by atoms with Gasteiger partial charge < -0.3 is 19.8 Å². The molecule has 7 heteroatoms. The van der Waals surface area contributed by atoms with Crippen molar-refractivity contribution >= 4 is 23.5 Å². The maximum absolute atomic E-state index is 12.7. The number of ether oxygens (including phenoxy) is 2. The van der Waals surface area contributed by atoms with Gasteiger partial charge in [0.1, 0.15) is 5.69 Å². The van der Waals surface area contributed by atoms with Crippen LogP contribution in [0.25, 0.3) is 0 Å². The molecule has 0 saturated heterocycles. The number of benzene rings is 1. The Kier molecular flexibility index (Phi) is 6.84. The Hall–Kier alpha value is -3.09. The Morgan fingerprint density at radius 2 is 1.62 bits per heavy atom. The molecule has 1 aromatic heterocycles. The quantitative estimate of drug-likeness (QED) is 0.717. The molecule has 1 heterocycles. The van der Waals surface area contributed by atoms with Crippen molar-refractivity contribution < 1.29 is 23.9 Å². The van der Waals surface area contributed by atoms with Gasteiger partial charge in [-0.1, -0.05) is 17.7 Å². The van der Waals surface area contributed by atoms with Crippen LogP contribution in [-0.2, 0) is 14.3 Å². The summed E-state index contributed by atoms with van der Waals surface area (Å²) in [6.45, 7) is 12.6. The molecule has 2 aromatic rings. The van der Waals surface area contributed by atoms with Crippen molar-refractivity contribution in [3.8, 4) is 0 Å². The summed E-state index contributed by atoms with van der Waals surface area (Å²) in [7, 11) is 0. The van der Waals surface area contributed by atoms with E-state index in [9.17, 15) is 14.4 Å². The van der Waals surface area contributed by atoms with E-state index in [-0.39, 0.29) is 17.9 Å². The fourth-order valence-corrected chi connectivity index (χ4v) is 3.34. The molecule has 0 saturated carbocycles. The van der Waals surface area contributed by atoms with Crippen LogP contribution in [0.4, 0.5) is 5.69 Å². The topological polar surface area (TPSA) is 97.5 Å². The predicted octanol–water partition coefficient (Wildman–Crippen LogP) is 3.92. The maximum atomic E-state index is 12.7. The van der Waals surface area contributed by atoms with E-state index < -0.39 is 23.9 Å². The maximum Gasteiger partial charge on any atom is 0.355 e. The van der Waals surface area contributed by atoms with Gasteiger partial charge in [0.25, 0.3) is 5.91 Å². The fraction of sp³-hybridized carbons (Fsp3) is 0.409. The summed E-state index contributed by atoms with van der Waals surface area (Å²) < 4.78 is 10.4. The molecule has 0 radical (unpaired) electrons. The number of hydrogen-bond acceptors (Lipinski definition) is 5. The summed E-state index contributed by atoms with van der Waals surface area (Å²) in [6, 6.07) is 3.95. The van der Waals surface area contributed by atoms with Crippen LogP contribution in [-0.4, -0.2) is 35.5 Å². The number of nitrogens with one attached hydrogen (secondary N) is 2. The second-order valence-corrected chi connectivity index (χ2v) is 7.16. The molecule has 1 aromatic carbocycles. The van der Waals surface area contributed by atoms with Crippen molar-refractivity contribution in [3.05, 3.63) is 51.3 Å². The highest BCUT2D eigenvalue weighted by Gasteiger charge is 2.27. The highest BCUT2D eigenvalue weighted by Crippen LogP contribution is 2.23. The Bertz CT molecular complexity index is 935. The lowest BCUT2D eigenvalue weighted by Crippen LogP contribution is -2.30. The van der Waals surface area contributed by atoms with Crippen LogP contribution in [0.1, 0.15) is 62.6 Å². The molecule has 0 spiro atoms. The lowest BCUT2D eigenvalue weighted by molar-refractivity contribution is -0.123. The molecule has 0 aliphatic heterocycles. The molecule has 1 atom stereocenters. The van der Waals surface area contributed by atoms with Gasteiger partial charge in [0.15, 0.2) is 6.10 Å². The molecule has 0 aliphatic carbocycles. The van der Waals surface area contributed by atoms with Gasteiger partial charge >= 0.3 is 11.9 Å². The first-order chi connectivity index (χ1) is 13.6. The lowest BCUT2D eigenvalue weighted by Gasteiger charge is -2.17. The monoisotopic (exact) mass is 400 g/mol. The van der Waals surface area contributed by atoms with Gasteiger partial charge in [-0.05, 0) is 65.2 Å². The molecular weight excluding hydrogens is 372 g/mol. The summed E-state index contributed by atoms with van der Waals surface area (Å²) in [6.07, 6.45) is -1.01. The zero-order valence-electron chi connectivity index (χ0n) is 18.0. The average molecular weight is 400 g/mol. The molecule has 0 fully saturated rings. The third-order valence-electron chi connectivity index (χ3n) is 4.70. The van der Waals surface area contributed by atoms with E-state index in [4.69, 9.17) is 9.47 Å². The molecule has 2 N–H and O–H groups in total. The molecular formula is C22H28N2O5. The summed E-state index contributed by atoms with van der Waals surface area (Å²) in [5, 5.41) is 2.83. The van der Waals surface area contributed by atoms with Crippen molar-refractivity contribution in [2.24, 2.45) is 0 Å². The van der Waals surface area contributed by atoms with E-state index in [1.54, 1.807) is 20.8 Å². The smallest absolute Gasteiger partial charge is 0.355 e. The van der Waals surface area contributed by atoms with Crippen molar-refractivity contribution in [1.82, 2.24) is 4.98 Å². The van der Waals surface area contributed by atoms with Gasteiger partial charge in [-0.3, -0.25) is 4.79 Å². The molecule has 0 bridgehead atoms. The normalized spacial score (nSPS) is 11.7. The largest absolute Gasteiger partial charge is 0.461 e. The van der Waals surface area contributed by atoms with E-state index in [2.05, 4.69) is 10.3 Å². The van der Waals surface area contributed by atoms with Crippen molar-refractivity contribution in [2.45, 2.75) is 54.6 Å². The second-order valence-electron chi connectivity index (χ2n) is 7.16. The predicted molar refractivity (Wildman–Crippen MR) is 110 cm³/mol. The standard InChI is InChI=1S/C22H28N2O5/c1-8-28-22(27)19-14(5)17(15(6)23-19)21(26)29-16(7)20(25)24-18-12(3)9-11(2)10-13(18)4/h9-10,16,23H,8H2,1-7H3,(H,24,25)/t16-/m1/s1. The van der Waals surface area contributed by atoms with Crippen LogP contribution in [0.2, 0.25) is 0 Å². The average Bonchev–Trinajstić information content (AvgIpc) is 2.92. The Labute approximate surface area is 170 Å². The van der Waals surface area contributed by atoms with E-state index in [0.717, 1.165) is 16.7 Å². The van der Waals surface area contributed by atoms with E-state index >= 15 is 0 Å². The molecule has 156 valence electrons. The summed E-state index contributed by atoms with van der Waals surface area (Å²) in [4.78, 5) is 40.1. The summed E-state index contributed by atoms with van der Waals surface area (Å²) in [5.74, 6) is -1.64. The number of aromatic nitrogens is 1. The Morgan fingerprint density at radius 3 is 2.17 bits per heavy atom. The lowest BCUT2D eigenvalue weighted by atomic mass is 10.0. The molecule has 0 aliphatic rings. The summed E-state index contributed by atoms with van der Waals surface area (Å²) in [5.41, 5.74) is 5.04. The minimum atomic E-state index is -1.01. The van der Waals surface area contributed by atoms with Crippen LogP contribution in [0.5, 0.6) is 0 Å². The van der Waals surface area contributed by atoms with Crippen LogP contribution in [0.3, 0.4) is 0 Å². The second kappa shape index (κ2) is 8.94. The van der Waals surface area contributed by atoms with Gasteiger partial charge in [0.05, 0.1) is 12.2 Å². The highest BCUT2D eigenvalue weighted by molar-refractivity contribution is 6.01. The number of amides is 1. The Morgan fingerprint density at radius 1 is 1.03 bits per heavy atom. The molecule has 7 nitrogen and oxygen atoms in total. The van der Waals surface area contributed by atoms with Crippen molar-refractivity contribution in [1.29, 1.82) is 0 Å². The number of esters is 2. The zero-order chi connectivity index (χ0) is 21.9. The highest BCUT2D eigenvalue weighted by atomic mass is 16.5. The number of anilines is 1. The third-order valence-corrected chi connectivity index (χ3v) is 4.70. The number of carbonyl (C=O) groups excluding carboxylic acids is 3. The molecule has 0 unspecified atom stereocenters. The van der Waals surface area contributed by atoms with Gasteiger partial charge in [0.2, 0.25) is 0 Å². The van der Waals surface area contributed by atoms with E-state index in [1.165, 1.54) is 6.92 Å². The molecule has 2 rings (SSSR count). The molecule has 1 amide bonds. The zero-order valence-corrected chi connectivity index (χ0v) is 18.0. The number of hydrogen-bond donors (Lipinski definition) is 2. The van der Waals surface area contributed by atoms with E-state index in [1.807, 2.05) is 32.9 Å². The Balaban J connectivity index is 2.15. The van der Waals surface area contributed by atoms with Crippen LogP contribution < -0.4 is 5.32 Å². The van der Waals surface area contributed by atoms with E-state index in [0.29, 0.717) is 16.9 Å². The van der Waals surface area contributed by atoms with Crippen molar-refractivity contribution in [2.75, 3.05) is 11.9 Å². The van der Waals surface area contributed by atoms with Crippen molar-refractivity contribution in [3.63, 3.8) is 0 Å². The number of carbonyl (C=O) groups is 3. The minimum absolute atomic E-state index is 0.208. The fourth-order valence-electron chi connectivity index (χ4n) is 3.34. The minimum Gasteiger partial charge on any atom is -0.461 e. The number of H-pyrrole nitrogens is 1. The third kappa shape index (κ3) is 4.85. The first-order valence-corrected chi connectivity index (χ1v) is 9.52. The van der Waals surface area contributed by atoms with Crippen LogP contribution in [0.15, 0.2) is 12.1 Å². The van der Waals surface area contributed by atoms with Crippen LogP contribution >= 0.6 is 0 Å². The SMILES string of the molecule is CCOC(=O)c1[nH]c(C)c(C(=O)O[C@H](C)C(=O)Nc2c(C)cc(C)cc2C)c1C. The number of rotatable bonds is 6.